The number of aromatic nitrogens is 2. The van der Waals surface area contributed by atoms with E-state index < -0.39 is 0 Å². The van der Waals surface area contributed by atoms with Crippen molar-refractivity contribution in [2.75, 3.05) is 0 Å². The first-order valence-electron chi connectivity index (χ1n) is 5.19. The molecule has 1 saturated heterocycles. The second kappa shape index (κ2) is 3.09. The Kier molecular flexibility index (Phi) is 2.21. The van der Waals surface area contributed by atoms with Crippen LogP contribution >= 0.6 is 0 Å². The lowest BCUT2D eigenvalue weighted by Crippen LogP contribution is -2.41. The summed E-state index contributed by atoms with van der Waals surface area (Å²) in [6.07, 6.45) is 1.66. The highest BCUT2D eigenvalue weighted by molar-refractivity contribution is 6.61. The molecule has 1 fully saturated rings. The van der Waals surface area contributed by atoms with E-state index in [4.69, 9.17) is 9.31 Å². The van der Waals surface area contributed by atoms with Crippen molar-refractivity contribution in [3.05, 3.63) is 12.0 Å². The van der Waals surface area contributed by atoms with Gasteiger partial charge in [-0.15, -0.1) is 0 Å². The number of aromatic amines is 1. The monoisotopic (exact) mass is 208 g/mol. The summed E-state index contributed by atoms with van der Waals surface area (Å²) in [7, 11) is -0.336. The second-order valence-electron chi connectivity index (χ2n) is 4.99. The minimum absolute atomic E-state index is 0.296. The van der Waals surface area contributed by atoms with E-state index in [1.807, 2.05) is 34.6 Å². The molecule has 1 aromatic heterocycles. The lowest BCUT2D eigenvalue weighted by atomic mass is 9.83. The summed E-state index contributed by atoms with van der Waals surface area (Å²) in [5, 5.41) is 0. The first-order valence-corrected chi connectivity index (χ1v) is 5.19. The van der Waals surface area contributed by atoms with Crippen molar-refractivity contribution >= 4 is 12.7 Å². The summed E-state index contributed by atoms with van der Waals surface area (Å²) in [4.78, 5) is 7.20. The Balaban J connectivity index is 2.27. The van der Waals surface area contributed by atoms with Gasteiger partial charge in [0.2, 0.25) is 0 Å². The van der Waals surface area contributed by atoms with Gasteiger partial charge in [0.05, 0.1) is 28.8 Å². The standard InChI is InChI=1S/C10H17BN2O2/c1-7-8(13-6-12-7)11-14-9(2,3)10(4,5)15-11/h6H,1-5H3,(H,12,13). The minimum Gasteiger partial charge on any atom is -0.398 e. The second-order valence-corrected chi connectivity index (χ2v) is 4.99. The quantitative estimate of drug-likeness (QED) is 0.700. The molecule has 15 heavy (non-hydrogen) atoms. The van der Waals surface area contributed by atoms with E-state index >= 15 is 0 Å². The van der Waals surface area contributed by atoms with Crippen molar-refractivity contribution in [2.24, 2.45) is 0 Å². The van der Waals surface area contributed by atoms with Gasteiger partial charge in [-0.25, -0.2) is 4.98 Å². The topological polar surface area (TPSA) is 47.1 Å². The zero-order valence-corrected chi connectivity index (χ0v) is 9.92. The maximum atomic E-state index is 5.90. The van der Waals surface area contributed by atoms with Crippen LogP contribution in [-0.2, 0) is 9.31 Å². The minimum atomic E-state index is -0.336. The van der Waals surface area contributed by atoms with Gasteiger partial charge in [0.1, 0.15) is 0 Å². The Hall–Kier alpha value is -0.805. The molecule has 5 heteroatoms. The van der Waals surface area contributed by atoms with Crippen LogP contribution in [0, 0.1) is 6.92 Å². The molecule has 0 radical (unpaired) electrons. The first-order chi connectivity index (χ1) is 6.83. The lowest BCUT2D eigenvalue weighted by molar-refractivity contribution is 0.00578. The average molecular weight is 208 g/mol. The van der Waals surface area contributed by atoms with Crippen LogP contribution in [0.4, 0.5) is 0 Å². The molecule has 1 N–H and O–H groups in total. The van der Waals surface area contributed by atoms with Crippen molar-refractivity contribution < 1.29 is 9.31 Å². The zero-order chi connectivity index (χ0) is 11.3. The molecule has 0 aromatic carbocycles. The number of aryl methyl sites for hydroxylation is 1. The summed E-state index contributed by atoms with van der Waals surface area (Å²) in [6.45, 7) is 10.1. The predicted molar refractivity (Wildman–Crippen MR) is 59.0 cm³/mol. The maximum Gasteiger partial charge on any atom is 0.514 e. The molecule has 82 valence electrons. The molecular formula is C10H17BN2O2. The summed E-state index contributed by atoms with van der Waals surface area (Å²) in [5.74, 6) is 0. The van der Waals surface area contributed by atoms with Crippen molar-refractivity contribution in [1.82, 2.24) is 9.97 Å². The first kappa shape index (κ1) is 10.7. The van der Waals surface area contributed by atoms with Gasteiger partial charge in [-0.1, -0.05) is 0 Å². The fraction of sp³-hybridized carbons (Fsp3) is 0.700. The van der Waals surface area contributed by atoms with Crippen LogP contribution in [0.5, 0.6) is 0 Å². The fourth-order valence-corrected chi connectivity index (χ4v) is 1.57. The zero-order valence-electron chi connectivity index (χ0n) is 9.92. The van der Waals surface area contributed by atoms with Crippen LogP contribution in [-0.4, -0.2) is 28.3 Å². The molecule has 1 aliphatic heterocycles. The highest BCUT2D eigenvalue weighted by Crippen LogP contribution is 2.36. The number of nitrogens with one attached hydrogen (secondary N) is 1. The number of H-pyrrole nitrogens is 1. The van der Waals surface area contributed by atoms with Crippen LogP contribution in [0.2, 0.25) is 0 Å². The highest BCUT2D eigenvalue weighted by atomic mass is 16.7. The van der Waals surface area contributed by atoms with Crippen molar-refractivity contribution in [2.45, 2.75) is 45.8 Å². The van der Waals surface area contributed by atoms with Crippen LogP contribution in [0.25, 0.3) is 0 Å². The van der Waals surface area contributed by atoms with E-state index in [9.17, 15) is 0 Å². The molecule has 2 rings (SSSR count). The van der Waals surface area contributed by atoms with Crippen molar-refractivity contribution in [1.29, 1.82) is 0 Å². The third kappa shape index (κ3) is 1.60. The summed E-state index contributed by atoms with van der Waals surface area (Å²) in [6, 6.07) is 0. The Labute approximate surface area is 90.5 Å². The molecule has 0 bridgehead atoms. The molecule has 1 aromatic rings. The highest BCUT2D eigenvalue weighted by Gasteiger charge is 2.52. The molecule has 0 spiro atoms. The predicted octanol–water partition coefficient (Wildman–Crippen LogP) is 1.02. The summed E-state index contributed by atoms with van der Waals surface area (Å²) >= 11 is 0. The van der Waals surface area contributed by atoms with Crippen molar-refractivity contribution in [3.8, 4) is 0 Å². The average Bonchev–Trinajstić information content (AvgIpc) is 2.55. The molecule has 0 amide bonds. The molecule has 0 unspecified atom stereocenters. The maximum absolute atomic E-state index is 5.90. The number of nitrogens with zero attached hydrogens (tertiary/aromatic N) is 1. The molecule has 1 aliphatic rings. The van der Waals surface area contributed by atoms with Gasteiger partial charge in [0, 0.05) is 0 Å². The van der Waals surface area contributed by atoms with Gasteiger partial charge in [-0.05, 0) is 34.6 Å². The Morgan fingerprint density at radius 1 is 1.20 bits per heavy atom. The third-order valence-electron chi connectivity index (χ3n) is 3.36. The van der Waals surface area contributed by atoms with Crippen LogP contribution in [0.3, 0.4) is 0 Å². The number of rotatable bonds is 1. The molecule has 2 heterocycles. The normalized spacial score (nSPS) is 23.4. The SMILES string of the molecule is Cc1nc[nH]c1B1OC(C)(C)C(C)(C)O1. The van der Waals surface area contributed by atoms with Gasteiger partial charge in [0.15, 0.2) is 0 Å². The van der Waals surface area contributed by atoms with E-state index in [0.29, 0.717) is 0 Å². The number of hydrogen-bond donors (Lipinski definition) is 1. The molecule has 0 aliphatic carbocycles. The number of imidazole rings is 1. The largest absolute Gasteiger partial charge is 0.514 e. The molecular weight excluding hydrogens is 191 g/mol. The van der Waals surface area contributed by atoms with Gasteiger partial charge >= 0.3 is 7.12 Å². The Morgan fingerprint density at radius 3 is 2.13 bits per heavy atom. The Bertz CT molecular complexity index is 357. The molecule has 0 atom stereocenters. The fourth-order valence-electron chi connectivity index (χ4n) is 1.57. The van der Waals surface area contributed by atoms with E-state index in [-0.39, 0.29) is 18.3 Å². The number of hydrogen-bond acceptors (Lipinski definition) is 3. The van der Waals surface area contributed by atoms with E-state index in [1.54, 1.807) is 6.33 Å². The van der Waals surface area contributed by atoms with E-state index in [1.165, 1.54) is 0 Å². The molecule has 4 nitrogen and oxygen atoms in total. The van der Waals surface area contributed by atoms with E-state index in [2.05, 4.69) is 9.97 Å². The Morgan fingerprint density at radius 2 is 1.73 bits per heavy atom. The van der Waals surface area contributed by atoms with Gasteiger partial charge in [-0.2, -0.15) is 0 Å². The van der Waals surface area contributed by atoms with Crippen molar-refractivity contribution in [3.63, 3.8) is 0 Å². The van der Waals surface area contributed by atoms with Gasteiger partial charge in [-0.3, -0.25) is 0 Å². The van der Waals surface area contributed by atoms with Crippen LogP contribution < -0.4 is 5.59 Å². The lowest BCUT2D eigenvalue weighted by Gasteiger charge is -2.32. The smallest absolute Gasteiger partial charge is 0.398 e. The summed E-state index contributed by atoms with van der Waals surface area (Å²) < 4.78 is 11.8. The summed E-state index contributed by atoms with van der Waals surface area (Å²) in [5.41, 5.74) is 1.24. The van der Waals surface area contributed by atoms with Crippen LogP contribution in [0.15, 0.2) is 6.33 Å². The molecule has 0 saturated carbocycles. The van der Waals surface area contributed by atoms with Crippen LogP contribution in [0.1, 0.15) is 33.4 Å². The van der Waals surface area contributed by atoms with Gasteiger partial charge in [0.25, 0.3) is 0 Å². The third-order valence-corrected chi connectivity index (χ3v) is 3.36. The van der Waals surface area contributed by atoms with Gasteiger partial charge < -0.3 is 14.3 Å². The van der Waals surface area contributed by atoms with E-state index in [0.717, 1.165) is 11.3 Å².